The van der Waals surface area contributed by atoms with E-state index in [9.17, 15) is 9.59 Å². The van der Waals surface area contributed by atoms with Crippen LogP contribution >= 0.6 is 11.5 Å². The number of anilines is 1. The van der Waals surface area contributed by atoms with E-state index in [2.05, 4.69) is 10.5 Å². The molecular weight excluding hydrogens is 354 g/mol. The number of aromatic nitrogens is 2. The van der Waals surface area contributed by atoms with E-state index in [-0.39, 0.29) is 18.0 Å². The van der Waals surface area contributed by atoms with Crippen molar-refractivity contribution in [1.82, 2.24) is 9.11 Å². The summed E-state index contributed by atoms with van der Waals surface area (Å²) in [6.07, 6.45) is 3.93. The van der Waals surface area contributed by atoms with Crippen LogP contribution in [0.5, 0.6) is 0 Å². The van der Waals surface area contributed by atoms with Gasteiger partial charge < -0.3 is 14.6 Å². The second-order valence-corrected chi connectivity index (χ2v) is 7.04. The number of nitrogens with one attached hydrogen (secondary N) is 1. The second kappa shape index (κ2) is 8.77. The topological polar surface area (TPSA) is 86.4 Å². The first-order chi connectivity index (χ1) is 12.6. The molecule has 0 radical (unpaired) electrons. The van der Waals surface area contributed by atoms with E-state index in [0.29, 0.717) is 17.0 Å². The van der Waals surface area contributed by atoms with Crippen molar-refractivity contribution in [2.24, 2.45) is 0 Å². The largest absolute Gasteiger partial charge is 0.381 e. The molecule has 7 nitrogen and oxygen atoms in total. The lowest BCUT2D eigenvalue weighted by molar-refractivity contribution is -0.116. The number of ether oxygens (including phenoxy) is 1. The minimum atomic E-state index is -0.313. The van der Waals surface area contributed by atoms with Gasteiger partial charge in [0, 0.05) is 19.3 Å². The quantitative estimate of drug-likeness (QED) is 0.760. The van der Waals surface area contributed by atoms with Crippen molar-refractivity contribution in [3.05, 3.63) is 46.4 Å². The molecule has 2 aromatic heterocycles. The van der Waals surface area contributed by atoms with Crippen LogP contribution in [-0.4, -0.2) is 28.2 Å². The number of hydrogen-bond donors (Lipinski definition) is 1. The van der Waals surface area contributed by atoms with Crippen molar-refractivity contribution < 1.29 is 14.1 Å². The minimum absolute atomic E-state index is 0.0376. The molecule has 1 amide bonds. The fourth-order valence-corrected chi connectivity index (χ4v) is 3.54. The molecule has 0 aliphatic carbocycles. The third-order valence-corrected chi connectivity index (χ3v) is 4.88. The van der Waals surface area contributed by atoms with E-state index in [1.807, 2.05) is 12.1 Å². The number of aryl methyl sites for hydroxylation is 1. The zero-order valence-electron chi connectivity index (χ0n) is 14.6. The van der Waals surface area contributed by atoms with Gasteiger partial charge in [-0.2, -0.15) is 0 Å². The van der Waals surface area contributed by atoms with E-state index in [1.54, 1.807) is 25.1 Å². The Morgan fingerprint density at radius 1 is 1.27 bits per heavy atom. The molecule has 1 N–H and O–H groups in total. The summed E-state index contributed by atoms with van der Waals surface area (Å²) in [5, 5.41) is 6.88. The van der Waals surface area contributed by atoms with Crippen LogP contribution in [-0.2, 0) is 16.1 Å². The van der Waals surface area contributed by atoms with Crippen molar-refractivity contribution in [3.8, 4) is 0 Å². The minimum Gasteiger partial charge on any atom is -0.381 e. The Morgan fingerprint density at radius 2 is 2.04 bits per heavy atom. The molecule has 3 heterocycles. The maximum Gasteiger partial charge on any atom is 0.268 e. The Balaban J connectivity index is 0.000000278. The molecule has 0 unspecified atom stereocenters. The van der Waals surface area contributed by atoms with Crippen molar-refractivity contribution in [2.45, 2.75) is 32.7 Å². The van der Waals surface area contributed by atoms with Crippen molar-refractivity contribution in [3.63, 3.8) is 0 Å². The van der Waals surface area contributed by atoms with E-state index in [0.717, 1.165) is 17.9 Å². The zero-order chi connectivity index (χ0) is 18.4. The molecule has 0 bridgehead atoms. The van der Waals surface area contributed by atoms with Crippen LogP contribution in [0.25, 0.3) is 10.1 Å². The van der Waals surface area contributed by atoms with Crippen molar-refractivity contribution in [1.29, 1.82) is 0 Å². The molecule has 26 heavy (non-hydrogen) atoms. The Labute approximate surface area is 154 Å². The molecular formula is C18H21N3O4S. The SMILES string of the molecule is C1CCOCC1.Cc1cc(NC(=O)Cn2sc3ccccc3c2=O)no1. The maximum atomic E-state index is 12.1. The van der Waals surface area contributed by atoms with Gasteiger partial charge in [0.05, 0.1) is 10.1 Å². The number of nitrogens with zero attached hydrogens (tertiary/aromatic N) is 2. The Bertz CT molecular complexity index is 912. The van der Waals surface area contributed by atoms with E-state index < -0.39 is 0 Å². The lowest BCUT2D eigenvalue weighted by Gasteiger charge is -2.08. The summed E-state index contributed by atoms with van der Waals surface area (Å²) in [5.41, 5.74) is -0.155. The summed E-state index contributed by atoms with van der Waals surface area (Å²) in [5.74, 6) is 0.646. The molecule has 0 saturated carbocycles. The molecule has 1 fully saturated rings. The average molecular weight is 375 g/mol. The van der Waals surface area contributed by atoms with Crippen molar-refractivity contribution in [2.75, 3.05) is 18.5 Å². The number of amides is 1. The average Bonchev–Trinajstić information content (AvgIpc) is 3.20. The van der Waals surface area contributed by atoms with Crippen LogP contribution in [0.3, 0.4) is 0 Å². The highest BCUT2D eigenvalue weighted by Crippen LogP contribution is 2.16. The van der Waals surface area contributed by atoms with E-state index >= 15 is 0 Å². The molecule has 0 spiro atoms. The molecule has 4 rings (SSSR count). The first kappa shape index (κ1) is 18.3. The molecule has 1 aliphatic heterocycles. The number of carbonyl (C=O) groups is 1. The Morgan fingerprint density at radius 3 is 2.62 bits per heavy atom. The van der Waals surface area contributed by atoms with Gasteiger partial charge in [0.25, 0.3) is 5.56 Å². The lowest BCUT2D eigenvalue weighted by Crippen LogP contribution is -2.23. The Hall–Kier alpha value is -2.45. The van der Waals surface area contributed by atoms with Crippen LogP contribution in [0.15, 0.2) is 39.6 Å². The Kier molecular flexibility index (Phi) is 6.19. The number of rotatable bonds is 3. The first-order valence-corrected chi connectivity index (χ1v) is 9.30. The molecule has 1 aromatic carbocycles. The van der Waals surface area contributed by atoms with Gasteiger partial charge in [-0.15, -0.1) is 0 Å². The van der Waals surface area contributed by atoms with Crippen LogP contribution in [0.4, 0.5) is 5.82 Å². The summed E-state index contributed by atoms with van der Waals surface area (Å²) >= 11 is 1.27. The first-order valence-electron chi connectivity index (χ1n) is 8.53. The molecule has 138 valence electrons. The normalized spacial score (nSPS) is 13.9. The molecule has 3 aromatic rings. The lowest BCUT2D eigenvalue weighted by atomic mass is 10.2. The van der Waals surface area contributed by atoms with Gasteiger partial charge in [0.15, 0.2) is 5.82 Å². The molecule has 0 atom stereocenters. The van der Waals surface area contributed by atoms with Gasteiger partial charge in [0.1, 0.15) is 12.3 Å². The van der Waals surface area contributed by atoms with Crippen LogP contribution in [0, 0.1) is 6.92 Å². The van der Waals surface area contributed by atoms with Gasteiger partial charge in [0.2, 0.25) is 5.91 Å². The monoisotopic (exact) mass is 375 g/mol. The summed E-state index contributed by atoms with van der Waals surface area (Å²) in [6.45, 7) is 3.70. The second-order valence-electron chi connectivity index (χ2n) is 5.97. The zero-order valence-corrected chi connectivity index (χ0v) is 15.4. The summed E-state index contributed by atoms with van der Waals surface area (Å²) < 4.78 is 12.2. The molecule has 1 aliphatic rings. The standard InChI is InChI=1S/C13H11N3O3S.C5H10O/c1-8-6-11(15-19-8)14-12(17)7-16-13(18)9-4-2-3-5-10(9)20-16;1-2-4-6-5-3-1/h2-6H,7H2,1H3,(H,14,15,17);1-5H2. The smallest absolute Gasteiger partial charge is 0.268 e. The van der Waals surface area contributed by atoms with Crippen LogP contribution < -0.4 is 10.9 Å². The highest BCUT2D eigenvalue weighted by Gasteiger charge is 2.12. The summed E-state index contributed by atoms with van der Waals surface area (Å²) in [6, 6.07) is 8.89. The molecule has 1 saturated heterocycles. The van der Waals surface area contributed by atoms with Gasteiger partial charge >= 0.3 is 0 Å². The van der Waals surface area contributed by atoms with Gasteiger partial charge in [-0.05, 0) is 38.3 Å². The number of fused-ring (bicyclic) bond motifs is 1. The van der Waals surface area contributed by atoms with Gasteiger partial charge in [-0.1, -0.05) is 28.8 Å². The summed E-state index contributed by atoms with van der Waals surface area (Å²) in [7, 11) is 0. The number of hydrogen-bond acceptors (Lipinski definition) is 6. The van der Waals surface area contributed by atoms with Gasteiger partial charge in [-0.3, -0.25) is 13.5 Å². The predicted octanol–water partition coefficient (Wildman–Crippen LogP) is 3.19. The predicted molar refractivity (Wildman–Crippen MR) is 101 cm³/mol. The fourth-order valence-electron chi connectivity index (χ4n) is 2.55. The third kappa shape index (κ3) is 4.80. The van der Waals surface area contributed by atoms with Crippen molar-refractivity contribution >= 4 is 33.3 Å². The van der Waals surface area contributed by atoms with Crippen LogP contribution in [0.2, 0.25) is 0 Å². The van der Waals surface area contributed by atoms with Gasteiger partial charge in [-0.25, -0.2) is 0 Å². The third-order valence-electron chi connectivity index (χ3n) is 3.81. The number of carbonyl (C=O) groups excluding carboxylic acids is 1. The highest BCUT2D eigenvalue weighted by atomic mass is 32.1. The maximum absolute atomic E-state index is 12.1. The van der Waals surface area contributed by atoms with E-state index in [1.165, 1.54) is 34.8 Å². The number of benzene rings is 1. The summed E-state index contributed by atoms with van der Waals surface area (Å²) in [4.78, 5) is 24.0. The molecule has 8 heteroatoms. The fraction of sp³-hybridized carbons (Fsp3) is 0.389. The highest BCUT2D eigenvalue weighted by molar-refractivity contribution is 7.13. The van der Waals surface area contributed by atoms with Crippen LogP contribution in [0.1, 0.15) is 25.0 Å². The van der Waals surface area contributed by atoms with E-state index in [4.69, 9.17) is 9.26 Å².